The van der Waals surface area contributed by atoms with E-state index in [0.29, 0.717) is 30.8 Å². The number of nitrogens with one attached hydrogen (secondary N) is 1. The predicted molar refractivity (Wildman–Crippen MR) is 139 cm³/mol. The smallest absolute Gasteiger partial charge is 0.338 e. The van der Waals surface area contributed by atoms with Crippen molar-refractivity contribution in [3.8, 4) is 0 Å². The van der Waals surface area contributed by atoms with Gasteiger partial charge in [0, 0.05) is 18.8 Å². The zero-order valence-corrected chi connectivity index (χ0v) is 21.4. The molecule has 0 aromatic heterocycles. The first-order valence-corrected chi connectivity index (χ1v) is 13.6. The molecular formula is C27H27ClN2O5S. The average molecular weight is 527 g/mol. The minimum Gasteiger partial charge on any atom is -0.462 e. The van der Waals surface area contributed by atoms with E-state index in [1.165, 1.54) is 22.5 Å². The number of halogens is 1. The quantitative estimate of drug-likeness (QED) is 0.318. The number of carbonyl (C=O) groups is 2. The summed E-state index contributed by atoms with van der Waals surface area (Å²) >= 11 is 6.26. The number of anilines is 1. The van der Waals surface area contributed by atoms with Crippen LogP contribution in [0, 0.1) is 0 Å². The van der Waals surface area contributed by atoms with Gasteiger partial charge in [0.05, 0.1) is 27.7 Å². The number of sulfonamides is 1. The third kappa shape index (κ3) is 5.78. The summed E-state index contributed by atoms with van der Waals surface area (Å²) < 4.78 is 33.3. The number of carbonyl (C=O) groups excluding carboxylic acids is 2. The molecule has 4 rings (SSSR count). The summed E-state index contributed by atoms with van der Waals surface area (Å²) in [5.41, 5.74) is 2.95. The van der Waals surface area contributed by atoms with Crippen LogP contribution < -0.4 is 5.32 Å². The van der Waals surface area contributed by atoms with Crippen LogP contribution in [0.4, 0.5) is 5.69 Å². The molecule has 7 nitrogen and oxygen atoms in total. The summed E-state index contributed by atoms with van der Waals surface area (Å²) in [6.07, 6.45) is 2.34. The molecule has 0 fully saturated rings. The van der Waals surface area contributed by atoms with Crippen molar-refractivity contribution in [2.45, 2.75) is 37.6 Å². The molecule has 9 heteroatoms. The average Bonchev–Trinajstić information content (AvgIpc) is 2.89. The first kappa shape index (κ1) is 25.9. The van der Waals surface area contributed by atoms with Gasteiger partial charge in [0.15, 0.2) is 0 Å². The number of ether oxygens (including phenoxy) is 1. The van der Waals surface area contributed by atoms with Gasteiger partial charge in [0.25, 0.3) is 5.91 Å². The number of esters is 1. The summed E-state index contributed by atoms with van der Waals surface area (Å²) in [6, 6.07) is 18.2. The van der Waals surface area contributed by atoms with Crippen molar-refractivity contribution >= 4 is 39.2 Å². The molecule has 1 heterocycles. The highest BCUT2D eigenvalue weighted by Gasteiger charge is 2.29. The summed E-state index contributed by atoms with van der Waals surface area (Å²) in [4.78, 5) is 25.0. The lowest BCUT2D eigenvalue weighted by Crippen LogP contribution is -2.36. The van der Waals surface area contributed by atoms with Crippen molar-refractivity contribution in [1.82, 2.24) is 4.31 Å². The number of fused-ring (bicyclic) bond motifs is 1. The number of hydrogen-bond acceptors (Lipinski definition) is 5. The summed E-state index contributed by atoms with van der Waals surface area (Å²) in [5, 5.41) is 2.84. The highest BCUT2D eigenvalue weighted by atomic mass is 35.5. The van der Waals surface area contributed by atoms with Gasteiger partial charge < -0.3 is 10.1 Å². The Morgan fingerprint density at radius 3 is 2.47 bits per heavy atom. The fourth-order valence-electron chi connectivity index (χ4n) is 3.94. The Morgan fingerprint density at radius 2 is 1.75 bits per heavy atom. The topological polar surface area (TPSA) is 92.8 Å². The second kappa shape index (κ2) is 11.2. The molecule has 3 aromatic rings. The Balaban J connectivity index is 1.48. The largest absolute Gasteiger partial charge is 0.462 e. The van der Waals surface area contributed by atoms with Crippen LogP contribution in [0.15, 0.2) is 71.6 Å². The number of rotatable bonds is 8. The van der Waals surface area contributed by atoms with Crippen molar-refractivity contribution in [1.29, 1.82) is 0 Å². The second-order valence-corrected chi connectivity index (χ2v) is 10.9. The molecule has 36 heavy (non-hydrogen) atoms. The van der Waals surface area contributed by atoms with Gasteiger partial charge in [-0.15, -0.1) is 0 Å². The van der Waals surface area contributed by atoms with Crippen molar-refractivity contribution in [2.24, 2.45) is 0 Å². The van der Waals surface area contributed by atoms with Crippen LogP contribution in [0.2, 0.25) is 5.02 Å². The normalized spacial score (nSPS) is 13.6. The van der Waals surface area contributed by atoms with Crippen LogP contribution in [0.3, 0.4) is 0 Å². The molecule has 1 aliphatic heterocycles. The fourth-order valence-corrected chi connectivity index (χ4v) is 5.59. The van der Waals surface area contributed by atoms with Crippen LogP contribution in [0.25, 0.3) is 0 Å². The summed E-state index contributed by atoms with van der Waals surface area (Å²) in [5.74, 6) is -0.984. The molecule has 1 amide bonds. The number of nitrogens with zero attached hydrogens (tertiary/aromatic N) is 1. The molecule has 0 spiro atoms. The predicted octanol–water partition coefficient (Wildman–Crippen LogP) is 5.30. The van der Waals surface area contributed by atoms with E-state index in [4.69, 9.17) is 16.3 Å². The summed E-state index contributed by atoms with van der Waals surface area (Å²) in [6.45, 7) is 3.00. The van der Waals surface area contributed by atoms with Gasteiger partial charge >= 0.3 is 5.97 Å². The molecule has 0 radical (unpaired) electrons. The molecule has 188 valence electrons. The first-order chi connectivity index (χ1) is 17.3. The lowest BCUT2D eigenvalue weighted by atomic mass is 10.0. The van der Waals surface area contributed by atoms with Crippen LogP contribution in [0.1, 0.15) is 51.6 Å². The molecule has 0 atom stereocenters. The van der Waals surface area contributed by atoms with Crippen molar-refractivity contribution in [2.75, 3.05) is 18.5 Å². The van der Waals surface area contributed by atoms with Crippen LogP contribution >= 0.6 is 11.6 Å². The molecule has 0 saturated carbocycles. The molecule has 3 aromatic carbocycles. The van der Waals surface area contributed by atoms with E-state index in [0.717, 1.165) is 24.0 Å². The van der Waals surface area contributed by atoms with Crippen LogP contribution in [0.5, 0.6) is 0 Å². The Morgan fingerprint density at radius 1 is 1.03 bits per heavy atom. The van der Waals surface area contributed by atoms with E-state index in [1.54, 1.807) is 24.3 Å². The highest BCUT2D eigenvalue weighted by Crippen LogP contribution is 2.28. The highest BCUT2D eigenvalue weighted by molar-refractivity contribution is 7.89. The second-order valence-electron chi connectivity index (χ2n) is 8.52. The van der Waals surface area contributed by atoms with Crippen molar-refractivity contribution in [3.05, 3.63) is 94.0 Å². The maximum absolute atomic E-state index is 13.3. The number of amides is 1. The van der Waals surface area contributed by atoms with E-state index in [9.17, 15) is 18.0 Å². The van der Waals surface area contributed by atoms with Crippen molar-refractivity contribution < 1.29 is 22.7 Å². The minimum atomic E-state index is -3.83. The van der Waals surface area contributed by atoms with Gasteiger partial charge in [-0.2, -0.15) is 4.31 Å². The fraction of sp³-hybridized carbons (Fsp3) is 0.259. The van der Waals surface area contributed by atoms with Gasteiger partial charge in [0.2, 0.25) is 10.0 Å². The van der Waals surface area contributed by atoms with Gasteiger partial charge in [-0.25, -0.2) is 13.2 Å². The molecule has 0 bridgehead atoms. The maximum atomic E-state index is 13.3. The molecule has 1 N–H and O–H groups in total. The van der Waals surface area contributed by atoms with E-state index >= 15 is 0 Å². The Labute approximate surface area is 216 Å². The Kier molecular flexibility index (Phi) is 8.08. The SMILES string of the molecule is CCCCOC(=O)c1ccc(NC(=O)c2cc(S(=O)(=O)N3CCc4ccccc4C3)ccc2Cl)cc1. The third-order valence-corrected chi connectivity index (χ3v) is 8.20. The molecule has 0 aliphatic carbocycles. The lowest BCUT2D eigenvalue weighted by Gasteiger charge is -2.28. The third-order valence-electron chi connectivity index (χ3n) is 6.03. The lowest BCUT2D eigenvalue weighted by molar-refractivity contribution is 0.0499. The molecule has 0 unspecified atom stereocenters. The summed E-state index contributed by atoms with van der Waals surface area (Å²) in [7, 11) is -3.83. The van der Waals surface area contributed by atoms with E-state index < -0.39 is 21.9 Å². The van der Waals surface area contributed by atoms with E-state index in [1.807, 2.05) is 31.2 Å². The Bertz CT molecular complexity index is 1370. The zero-order chi connectivity index (χ0) is 25.7. The van der Waals surface area contributed by atoms with Gasteiger partial charge in [0.1, 0.15) is 0 Å². The van der Waals surface area contributed by atoms with E-state index in [2.05, 4.69) is 5.32 Å². The molecule has 1 aliphatic rings. The first-order valence-electron chi connectivity index (χ1n) is 11.7. The van der Waals surface area contributed by atoms with Gasteiger partial charge in [-0.1, -0.05) is 49.2 Å². The number of unbranched alkanes of at least 4 members (excludes halogenated alkanes) is 1. The Hall–Kier alpha value is -3.20. The molecule has 0 saturated heterocycles. The van der Waals surface area contributed by atoms with Gasteiger partial charge in [-0.3, -0.25) is 4.79 Å². The van der Waals surface area contributed by atoms with Gasteiger partial charge in [-0.05, 0) is 66.4 Å². The minimum absolute atomic E-state index is 0.00148. The number of benzene rings is 3. The van der Waals surface area contributed by atoms with E-state index in [-0.39, 0.29) is 22.0 Å². The monoisotopic (exact) mass is 526 g/mol. The standard InChI is InChI=1S/C27H27ClN2O5S/c1-2-3-16-35-27(32)20-8-10-22(11-9-20)29-26(31)24-17-23(12-13-25(24)28)36(33,34)30-15-14-19-6-4-5-7-21(19)18-30/h4-13,17H,2-3,14-16,18H2,1H3,(H,29,31). The van der Waals surface area contributed by atoms with Crippen LogP contribution in [-0.2, 0) is 27.7 Å². The zero-order valence-electron chi connectivity index (χ0n) is 19.9. The number of hydrogen-bond donors (Lipinski definition) is 1. The molecular weight excluding hydrogens is 500 g/mol. The maximum Gasteiger partial charge on any atom is 0.338 e. The van der Waals surface area contributed by atoms with Crippen LogP contribution in [-0.4, -0.2) is 37.8 Å². The van der Waals surface area contributed by atoms with Crippen molar-refractivity contribution in [3.63, 3.8) is 0 Å².